The summed E-state index contributed by atoms with van der Waals surface area (Å²) in [6, 6.07) is 0. The van der Waals surface area contributed by atoms with E-state index in [0.717, 1.165) is 26.0 Å². The van der Waals surface area contributed by atoms with Crippen molar-refractivity contribution >= 4 is 12.4 Å². The van der Waals surface area contributed by atoms with E-state index in [1.165, 1.54) is 12.8 Å². The average molecular weight is 210 g/mol. The van der Waals surface area contributed by atoms with Gasteiger partial charge in [0, 0.05) is 6.61 Å². The van der Waals surface area contributed by atoms with Crippen molar-refractivity contribution in [2.75, 3.05) is 13.2 Å². The van der Waals surface area contributed by atoms with E-state index in [0.29, 0.717) is 0 Å². The quantitative estimate of drug-likeness (QED) is 0.683. The van der Waals surface area contributed by atoms with Crippen molar-refractivity contribution in [1.29, 1.82) is 0 Å². The Kier molecular flexibility index (Phi) is 10.6. The molecular formula is C10H24ClNO. The van der Waals surface area contributed by atoms with Gasteiger partial charge in [0.2, 0.25) is 0 Å². The van der Waals surface area contributed by atoms with Crippen molar-refractivity contribution in [3.63, 3.8) is 0 Å². The highest BCUT2D eigenvalue weighted by atomic mass is 35.5. The molecule has 0 bridgehead atoms. The molecule has 0 rings (SSSR count). The molecule has 0 radical (unpaired) electrons. The molecule has 0 aliphatic carbocycles. The number of rotatable bonds is 6. The van der Waals surface area contributed by atoms with Gasteiger partial charge in [0.15, 0.2) is 0 Å². The summed E-state index contributed by atoms with van der Waals surface area (Å²) in [4.78, 5) is 0. The van der Waals surface area contributed by atoms with Crippen LogP contribution in [0.2, 0.25) is 0 Å². The van der Waals surface area contributed by atoms with Crippen molar-refractivity contribution in [3.8, 4) is 0 Å². The third-order valence-corrected chi connectivity index (χ3v) is 1.63. The van der Waals surface area contributed by atoms with Gasteiger partial charge in [0.05, 0.1) is 5.60 Å². The fraction of sp³-hybridized carbons (Fsp3) is 1.00. The molecule has 0 spiro atoms. The van der Waals surface area contributed by atoms with E-state index in [1.807, 2.05) is 0 Å². The average Bonchev–Trinajstić information content (AvgIpc) is 1.94. The van der Waals surface area contributed by atoms with Crippen molar-refractivity contribution < 1.29 is 4.74 Å². The third-order valence-electron chi connectivity index (χ3n) is 1.63. The zero-order valence-electron chi connectivity index (χ0n) is 9.14. The van der Waals surface area contributed by atoms with Crippen LogP contribution in [0.25, 0.3) is 0 Å². The molecule has 0 aromatic heterocycles. The van der Waals surface area contributed by atoms with Crippen LogP contribution in [-0.2, 0) is 4.74 Å². The molecule has 0 aliphatic rings. The van der Waals surface area contributed by atoms with Crippen LogP contribution in [-0.4, -0.2) is 18.8 Å². The first kappa shape index (κ1) is 15.7. The molecule has 0 unspecified atom stereocenters. The highest BCUT2D eigenvalue weighted by molar-refractivity contribution is 5.85. The maximum Gasteiger partial charge on any atom is 0.0598 e. The fourth-order valence-corrected chi connectivity index (χ4v) is 0.978. The molecule has 0 fully saturated rings. The standard InChI is InChI=1S/C10H23NO.ClH/c1-10(2,3)12-9-7-5-4-6-8-11;/h4-9,11H2,1-3H3;1H. The van der Waals surface area contributed by atoms with Crippen LogP contribution in [0.4, 0.5) is 0 Å². The zero-order chi connectivity index (χ0) is 9.45. The summed E-state index contributed by atoms with van der Waals surface area (Å²) in [6.45, 7) is 7.97. The number of ether oxygens (including phenoxy) is 1. The first-order valence-electron chi connectivity index (χ1n) is 4.90. The molecule has 0 aromatic rings. The first-order chi connectivity index (χ1) is 5.56. The Morgan fingerprint density at radius 3 is 2.00 bits per heavy atom. The molecule has 0 aliphatic heterocycles. The van der Waals surface area contributed by atoms with E-state index in [2.05, 4.69) is 20.8 Å². The fourth-order valence-electron chi connectivity index (χ4n) is 0.978. The first-order valence-corrected chi connectivity index (χ1v) is 4.90. The van der Waals surface area contributed by atoms with Gasteiger partial charge in [0.25, 0.3) is 0 Å². The number of nitrogens with two attached hydrogens (primary N) is 1. The van der Waals surface area contributed by atoms with Crippen molar-refractivity contribution in [3.05, 3.63) is 0 Å². The molecule has 2 nitrogen and oxygen atoms in total. The number of halogens is 1. The molecular weight excluding hydrogens is 186 g/mol. The van der Waals surface area contributed by atoms with Crippen LogP contribution in [0.3, 0.4) is 0 Å². The van der Waals surface area contributed by atoms with Gasteiger partial charge in [-0.15, -0.1) is 12.4 Å². The summed E-state index contributed by atoms with van der Waals surface area (Å²) in [7, 11) is 0. The van der Waals surface area contributed by atoms with Crippen LogP contribution in [0.15, 0.2) is 0 Å². The number of hydrogen-bond acceptors (Lipinski definition) is 2. The third kappa shape index (κ3) is 15.0. The van der Waals surface area contributed by atoms with Crippen LogP contribution in [0, 0.1) is 0 Å². The molecule has 82 valence electrons. The normalized spacial score (nSPS) is 11.1. The second-order valence-corrected chi connectivity index (χ2v) is 4.16. The van der Waals surface area contributed by atoms with E-state index in [9.17, 15) is 0 Å². The summed E-state index contributed by atoms with van der Waals surface area (Å²) < 4.78 is 5.58. The molecule has 13 heavy (non-hydrogen) atoms. The zero-order valence-corrected chi connectivity index (χ0v) is 9.95. The molecule has 0 saturated carbocycles. The van der Waals surface area contributed by atoms with Gasteiger partial charge in [-0.2, -0.15) is 0 Å². The predicted molar refractivity (Wildman–Crippen MR) is 60.5 cm³/mol. The molecule has 0 amide bonds. The van der Waals surface area contributed by atoms with E-state index in [-0.39, 0.29) is 18.0 Å². The number of hydrogen-bond donors (Lipinski definition) is 1. The Balaban J connectivity index is 0. The summed E-state index contributed by atoms with van der Waals surface area (Å²) >= 11 is 0. The lowest BCUT2D eigenvalue weighted by Gasteiger charge is -2.19. The summed E-state index contributed by atoms with van der Waals surface area (Å²) in [5.74, 6) is 0. The van der Waals surface area contributed by atoms with Crippen LogP contribution >= 0.6 is 12.4 Å². The molecule has 0 aromatic carbocycles. The minimum atomic E-state index is 0. The summed E-state index contributed by atoms with van der Waals surface area (Å²) in [5, 5.41) is 0. The van der Waals surface area contributed by atoms with Crippen molar-refractivity contribution in [2.24, 2.45) is 5.73 Å². The highest BCUT2D eigenvalue weighted by Crippen LogP contribution is 2.08. The van der Waals surface area contributed by atoms with Gasteiger partial charge in [-0.3, -0.25) is 0 Å². The molecule has 0 atom stereocenters. The largest absolute Gasteiger partial charge is 0.376 e. The molecule has 0 heterocycles. The smallest absolute Gasteiger partial charge is 0.0598 e. The van der Waals surface area contributed by atoms with E-state index < -0.39 is 0 Å². The monoisotopic (exact) mass is 209 g/mol. The lowest BCUT2D eigenvalue weighted by Crippen LogP contribution is -2.19. The second kappa shape index (κ2) is 8.79. The Labute approximate surface area is 88.6 Å². The summed E-state index contributed by atoms with van der Waals surface area (Å²) in [6.07, 6.45) is 4.80. The Hall–Kier alpha value is 0.210. The molecule has 0 saturated heterocycles. The van der Waals surface area contributed by atoms with Crippen molar-refractivity contribution in [1.82, 2.24) is 0 Å². The van der Waals surface area contributed by atoms with Gasteiger partial charge in [-0.1, -0.05) is 12.8 Å². The van der Waals surface area contributed by atoms with Gasteiger partial charge >= 0.3 is 0 Å². The Morgan fingerprint density at radius 1 is 1.00 bits per heavy atom. The maximum atomic E-state index is 5.58. The highest BCUT2D eigenvalue weighted by Gasteiger charge is 2.08. The predicted octanol–water partition coefficient (Wildman–Crippen LogP) is 2.74. The lowest BCUT2D eigenvalue weighted by molar-refractivity contribution is -0.00472. The Morgan fingerprint density at radius 2 is 1.54 bits per heavy atom. The van der Waals surface area contributed by atoms with Crippen molar-refractivity contribution in [2.45, 2.75) is 52.1 Å². The number of unbranched alkanes of at least 4 members (excludes halogenated alkanes) is 3. The molecule has 2 N–H and O–H groups in total. The van der Waals surface area contributed by atoms with E-state index in [4.69, 9.17) is 10.5 Å². The van der Waals surface area contributed by atoms with Crippen LogP contribution < -0.4 is 5.73 Å². The molecule has 3 heteroatoms. The van der Waals surface area contributed by atoms with Crippen LogP contribution in [0.1, 0.15) is 46.5 Å². The second-order valence-electron chi connectivity index (χ2n) is 4.16. The van der Waals surface area contributed by atoms with Gasteiger partial charge in [0.1, 0.15) is 0 Å². The van der Waals surface area contributed by atoms with E-state index in [1.54, 1.807) is 0 Å². The van der Waals surface area contributed by atoms with Crippen LogP contribution in [0.5, 0.6) is 0 Å². The minimum Gasteiger partial charge on any atom is -0.376 e. The maximum absolute atomic E-state index is 5.58. The van der Waals surface area contributed by atoms with E-state index >= 15 is 0 Å². The van der Waals surface area contributed by atoms with Gasteiger partial charge in [-0.05, 0) is 40.2 Å². The summed E-state index contributed by atoms with van der Waals surface area (Å²) in [5.41, 5.74) is 5.40. The SMILES string of the molecule is CC(C)(C)OCCCCCCN.Cl. The lowest BCUT2D eigenvalue weighted by atomic mass is 10.2. The van der Waals surface area contributed by atoms with Gasteiger partial charge in [-0.25, -0.2) is 0 Å². The topological polar surface area (TPSA) is 35.2 Å². The van der Waals surface area contributed by atoms with Gasteiger partial charge < -0.3 is 10.5 Å². The minimum absolute atomic E-state index is 0. The Bertz CT molecular complexity index is 102.